The Balaban J connectivity index is 1.96. The summed E-state index contributed by atoms with van der Waals surface area (Å²) in [5.74, 6) is 0.391. The number of hydrogen-bond donors (Lipinski definition) is 2. The standard InChI is InChI=1S/C14H20N2O/c1-10(2)16-7-6-14(9-16)8-15-13-11(14)4-3-5-12(13)17/h3-5,10,15,17H,6-9H2,1-2H3. The molecule has 3 nitrogen and oxygen atoms in total. The van der Waals surface area contributed by atoms with Crippen LogP contribution < -0.4 is 5.32 Å². The Morgan fingerprint density at radius 2 is 2.24 bits per heavy atom. The molecule has 0 amide bonds. The fourth-order valence-corrected chi connectivity index (χ4v) is 3.23. The molecule has 3 rings (SSSR count). The number of nitrogens with one attached hydrogen (secondary N) is 1. The number of para-hydroxylation sites is 1. The van der Waals surface area contributed by atoms with Gasteiger partial charge in [-0.3, -0.25) is 4.90 Å². The van der Waals surface area contributed by atoms with Gasteiger partial charge in [-0.15, -0.1) is 0 Å². The predicted molar refractivity (Wildman–Crippen MR) is 69.6 cm³/mol. The van der Waals surface area contributed by atoms with E-state index < -0.39 is 0 Å². The van der Waals surface area contributed by atoms with Gasteiger partial charge in [0.05, 0.1) is 5.69 Å². The molecule has 1 spiro atoms. The van der Waals surface area contributed by atoms with Crippen molar-refractivity contribution in [2.24, 2.45) is 0 Å². The zero-order valence-corrected chi connectivity index (χ0v) is 10.5. The van der Waals surface area contributed by atoms with Crippen molar-refractivity contribution in [2.75, 3.05) is 25.0 Å². The molecule has 1 fully saturated rings. The summed E-state index contributed by atoms with van der Waals surface area (Å²) in [5.41, 5.74) is 2.48. The average molecular weight is 232 g/mol. The first-order valence-electron chi connectivity index (χ1n) is 6.43. The number of phenolic OH excluding ortho intramolecular Hbond substituents is 1. The van der Waals surface area contributed by atoms with Crippen molar-refractivity contribution in [3.63, 3.8) is 0 Å². The van der Waals surface area contributed by atoms with E-state index in [0.717, 1.165) is 25.3 Å². The molecular formula is C14H20N2O. The largest absolute Gasteiger partial charge is 0.506 e. The molecule has 1 atom stereocenters. The first-order valence-corrected chi connectivity index (χ1v) is 6.43. The van der Waals surface area contributed by atoms with Crippen LogP contribution in [0.2, 0.25) is 0 Å². The van der Waals surface area contributed by atoms with E-state index in [9.17, 15) is 5.11 Å². The molecule has 0 aliphatic carbocycles. The minimum atomic E-state index is 0.221. The molecule has 3 heteroatoms. The summed E-state index contributed by atoms with van der Waals surface area (Å²) in [5, 5.41) is 13.3. The van der Waals surface area contributed by atoms with Gasteiger partial charge in [-0.1, -0.05) is 12.1 Å². The van der Waals surface area contributed by atoms with E-state index in [1.807, 2.05) is 6.07 Å². The summed E-state index contributed by atoms with van der Waals surface area (Å²) in [6.45, 7) is 7.74. The third-order valence-electron chi connectivity index (χ3n) is 4.33. The number of benzene rings is 1. The lowest BCUT2D eigenvalue weighted by molar-refractivity contribution is 0.260. The number of phenols is 1. The second-order valence-corrected chi connectivity index (χ2v) is 5.65. The Morgan fingerprint density at radius 1 is 1.41 bits per heavy atom. The SMILES string of the molecule is CC(C)N1CCC2(CNc3c(O)cccc32)C1. The zero-order valence-electron chi connectivity index (χ0n) is 10.5. The number of likely N-dealkylation sites (tertiary alicyclic amines) is 1. The third kappa shape index (κ3) is 1.53. The zero-order chi connectivity index (χ0) is 12.0. The van der Waals surface area contributed by atoms with Gasteiger partial charge >= 0.3 is 0 Å². The highest BCUT2D eigenvalue weighted by Crippen LogP contribution is 2.46. The summed E-state index contributed by atoms with van der Waals surface area (Å²) in [6.07, 6.45) is 1.19. The van der Waals surface area contributed by atoms with Crippen LogP contribution in [0.15, 0.2) is 18.2 Å². The molecule has 1 aromatic carbocycles. The van der Waals surface area contributed by atoms with Gasteiger partial charge in [-0.05, 0) is 38.4 Å². The van der Waals surface area contributed by atoms with Crippen LogP contribution in [0.4, 0.5) is 5.69 Å². The highest BCUT2D eigenvalue weighted by molar-refractivity contribution is 5.68. The van der Waals surface area contributed by atoms with E-state index in [1.165, 1.54) is 12.0 Å². The fourth-order valence-electron chi connectivity index (χ4n) is 3.23. The molecule has 92 valence electrons. The highest BCUT2D eigenvalue weighted by atomic mass is 16.3. The van der Waals surface area contributed by atoms with Gasteiger partial charge in [-0.25, -0.2) is 0 Å². The molecule has 1 unspecified atom stereocenters. The molecule has 1 aromatic rings. The smallest absolute Gasteiger partial charge is 0.138 e. The van der Waals surface area contributed by atoms with E-state index in [2.05, 4.69) is 30.1 Å². The molecular weight excluding hydrogens is 212 g/mol. The van der Waals surface area contributed by atoms with Crippen molar-refractivity contribution in [3.05, 3.63) is 23.8 Å². The van der Waals surface area contributed by atoms with Crippen molar-refractivity contribution < 1.29 is 5.11 Å². The lowest BCUT2D eigenvalue weighted by atomic mass is 9.81. The summed E-state index contributed by atoms with van der Waals surface area (Å²) in [4.78, 5) is 2.53. The van der Waals surface area contributed by atoms with Crippen molar-refractivity contribution >= 4 is 5.69 Å². The summed E-state index contributed by atoms with van der Waals surface area (Å²) in [7, 11) is 0. The van der Waals surface area contributed by atoms with Crippen LogP contribution in [-0.2, 0) is 5.41 Å². The second kappa shape index (κ2) is 3.64. The first kappa shape index (κ1) is 10.9. The van der Waals surface area contributed by atoms with Crippen molar-refractivity contribution in [1.29, 1.82) is 0 Å². The molecule has 0 saturated carbocycles. The van der Waals surface area contributed by atoms with E-state index in [1.54, 1.807) is 6.07 Å². The lowest BCUT2D eigenvalue weighted by Gasteiger charge is -2.26. The van der Waals surface area contributed by atoms with Crippen molar-refractivity contribution in [3.8, 4) is 5.75 Å². The summed E-state index contributed by atoms with van der Waals surface area (Å²) < 4.78 is 0. The number of hydrogen-bond acceptors (Lipinski definition) is 3. The molecule has 2 N–H and O–H groups in total. The normalized spacial score (nSPS) is 27.7. The molecule has 0 radical (unpaired) electrons. The van der Waals surface area contributed by atoms with Gasteiger partial charge in [0.15, 0.2) is 0 Å². The minimum Gasteiger partial charge on any atom is -0.506 e. The molecule has 2 aliphatic heterocycles. The van der Waals surface area contributed by atoms with E-state index in [4.69, 9.17) is 0 Å². The number of fused-ring (bicyclic) bond motifs is 2. The fraction of sp³-hybridized carbons (Fsp3) is 0.571. The topological polar surface area (TPSA) is 35.5 Å². The Morgan fingerprint density at radius 3 is 2.94 bits per heavy atom. The molecule has 0 aromatic heterocycles. The van der Waals surface area contributed by atoms with E-state index in [-0.39, 0.29) is 5.41 Å². The summed E-state index contributed by atoms with van der Waals surface area (Å²) in [6, 6.07) is 6.50. The lowest BCUT2D eigenvalue weighted by Crippen LogP contribution is -2.35. The van der Waals surface area contributed by atoms with E-state index in [0.29, 0.717) is 11.8 Å². The number of anilines is 1. The van der Waals surface area contributed by atoms with Crippen molar-refractivity contribution in [1.82, 2.24) is 4.90 Å². The first-order chi connectivity index (χ1) is 8.12. The molecule has 1 saturated heterocycles. The number of rotatable bonds is 1. The van der Waals surface area contributed by atoms with Crippen LogP contribution in [0, 0.1) is 0 Å². The number of aromatic hydroxyl groups is 1. The Bertz CT molecular complexity index is 444. The van der Waals surface area contributed by atoms with Crippen molar-refractivity contribution in [2.45, 2.75) is 31.7 Å². The molecule has 0 bridgehead atoms. The van der Waals surface area contributed by atoms with Gasteiger partial charge in [0.1, 0.15) is 5.75 Å². The highest BCUT2D eigenvalue weighted by Gasteiger charge is 2.45. The van der Waals surface area contributed by atoms with Crippen LogP contribution in [0.5, 0.6) is 5.75 Å². The Hall–Kier alpha value is -1.22. The summed E-state index contributed by atoms with van der Waals surface area (Å²) >= 11 is 0. The van der Waals surface area contributed by atoms with Crippen LogP contribution in [0.1, 0.15) is 25.8 Å². The monoisotopic (exact) mass is 232 g/mol. The van der Waals surface area contributed by atoms with E-state index >= 15 is 0 Å². The molecule has 17 heavy (non-hydrogen) atoms. The maximum Gasteiger partial charge on any atom is 0.138 e. The molecule has 2 heterocycles. The van der Waals surface area contributed by atoms with Gasteiger partial charge < -0.3 is 10.4 Å². The van der Waals surface area contributed by atoms with Gasteiger partial charge in [0.2, 0.25) is 0 Å². The van der Waals surface area contributed by atoms with Gasteiger partial charge in [-0.2, -0.15) is 0 Å². The third-order valence-corrected chi connectivity index (χ3v) is 4.33. The van der Waals surface area contributed by atoms with Crippen LogP contribution >= 0.6 is 0 Å². The maximum absolute atomic E-state index is 9.87. The molecule has 2 aliphatic rings. The average Bonchev–Trinajstić information content (AvgIpc) is 2.87. The Labute approximate surface area is 102 Å². The quantitative estimate of drug-likeness (QED) is 0.728. The van der Waals surface area contributed by atoms with Crippen LogP contribution in [-0.4, -0.2) is 35.7 Å². The van der Waals surface area contributed by atoms with Crippen LogP contribution in [0.25, 0.3) is 0 Å². The number of nitrogens with zero attached hydrogens (tertiary/aromatic N) is 1. The van der Waals surface area contributed by atoms with Crippen LogP contribution in [0.3, 0.4) is 0 Å². The second-order valence-electron chi connectivity index (χ2n) is 5.65. The van der Waals surface area contributed by atoms with Gasteiger partial charge in [0, 0.05) is 24.5 Å². The minimum absolute atomic E-state index is 0.221. The maximum atomic E-state index is 9.87. The Kier molecular flexibility index (Phi) is 2.33. The van der Waals surface area contributed by atoms with Gasteiger partial charge in [0.25, 0.3) is 0 Å². The predicted octanol–water partition coefficient (Wildman–Crippen LogP) is 2.17.